The van der Waals surface area contributed by atoms with Gasteiger partial charge in [-0.05, 0) is 20.9 Å². The van der Waals surface area contributed by atoms with E-state index in [0.29, 0.717) is 11.6 Å². The van der Waals surface area contributed by atoms with Gasteiger partial charge in [0.2, 0.25) is 5.91 Å². The van der Waals surface area contributed by atoms with Crippen LogP contribution in [0.25, 0.3) is 0 Å². The summed E-state index contributed by atoms with van der Waals surface area (Å²) in [4.78, 5) is 13.3. The fourth-order valence-electron chi connectivity index (χ4n) is 1.13. The second-order valence-corrected chi connectivity index (χ2v) is 3.82. The first-order valence-corrected chi connectivity index (χ1v) is 5.07. The van der Waals surface area contributed by atoms with Gasteiger partial charge in [0.1, 0.15) is 5.76 Å². The number of anilines is 1. The summed E-state index contributed by atoms with van der Waals surface area (Å²) in [6.45, 7) is 3.82. The Morgan fingerprint density at radius 1 is 1.75 bits per heavy atom. The number of hydrogen-bond donors (Lipinski definition) is 2. The smallest absolute Gasteiger partial charge is 0.239 e. The van der Waals surface area contributed by atoms with Crippen LogP contribution in [-0.2, 0) is 4.79 Å². The molecule has 0 aliphatic rings. The molecule has 0 saturated heterocycles. The molecule has 1 amide bonds. The van der Waals surface area contributed by atoms with E-state index in [1.807, 2.05) is 6.92 Å². The van der Waals surface area contributed by atoms with Crippen LogP contribution in [0.4, 0.5) is 5.82 Å². The third-order valence-electron chi connectivity index (χ3n) is 2.31. The Balaban J connectivity index is 2.42. The molecule has 0 aliphatic heterocycles. The van der Waals surface area contributed by atoms with E-state index in [2.05, 4.69) is 10.5 Å². The Morgan fingerprint density at radius 2 is 2.44 bits per heavy atom. The van der Waals surface area contributed by atoms with Crippen LogP contribution in [-0.4, -0.2) is 47.3 Å². The Kier molecular flexibility index (Phi) is 4.45. The lowest BCUT2D eigenvalue weighted by Crippen LogP contribution is -2.38. The lowest BCUT2D eigenvalue weighted by molar-refractivity contribution is -0.117. The van der Waals surface area contributed by atoms with Crippen molar-refractivity contribution in [3.8, 4) is 0 Å². The Bertz CT molecular complexity index is 351. The number of carbonyl (C=O) groups excluding carboxylic acids is 1. The van der Waals surface area contributed by atoms with Crippen LogP contribution in [0, 0.1) is 6.92 Å². The fourth-order valence-corrected chi connectivity index (χ4v) is 1.13. The molecule has 2 N–H and O–H groups in total. The SMILES string of the molecule is Cc1cc(NC(=O)CN(C)C(C)CO)no1. The zero-order chi connectivity index (χ0) is 12.1. The van der Waals surface area contributed by atoms with Crippen molar-refractivity contribution >= 4 is 11.7 Å². The second kappa shape index (κ2) is 5.62. The van der Waals surface area contributed by atoms with E-state index < -0.39 is 0 Å². The molecule has 1 aromatic heterocycles. The molecule has 1 aromatic rings. The molecule has 16 heavy (non-hydrogen) atoms. The van der Waals surface area contributed by atoms with Gasteiger partial charge in [0.25, 0.3) is 0 Å². The third kappa shape index (κ3) is 3.63. The molecular weight excluding hydrogens is 210 g/mol. The van der Waals surface area contributed by atoms with Crippen LogP contribution in [0.2, 0.25) is 0 Å². The number of aliphatic hydroxyl groups is 1. The van der Waals surface area contributed by atoms with Crippen molar-refractivity contribution in [3.05, 3.63) is 11.8 Å². The van der Waals surface area contributed by atoms with E-state index >= 15 is 0 Å². The minimum Gasteiger partial charge on any atom is -0.395 e. The predicted octanol–water partition coefficient (Wildman–Crippen LogP) is 0.234. The first kappa shape index (κ1) is 12.7. The molecule has 0 radical (unpaired) electrons. The molecular formula is C10H17N3O3. The van der Waals surface area contributed by atoms with Gasteiger partial charge in [-0.2, -0.15) is 0 Å². The summed E-state index contributed by atoms with van der Waals surface area (Å²) in [5, 5.41) is 15.2. The molecule has 0 saturated carbocycles. The molecule has 0 fully saturated rings. The molecule has 90 valence electrons. The molecule has 0 spiro atoms. The van der Waals surface area contributed by atoms with Gasteiger partial charge in [-0.3, -0.25) is 9.69 Å². The van der Waals surface area contributed by atoms with E-state index in [1.54, 1.807) is 24.9 Å². The number of amides is 1. The summed E-state index contributed by atoms with van der Waals surface area (Å²) < 4.78 is 4.82. The summed E-state index contributed by atoms with van der Waals surface area (Å²) in [6, 6.07) is 1.60. The molecule has 1 rings (SSSR count). The van der Waals surface area contributed by atoms with Crippen LogP contribution >= 0.6 is 0 Å². The van der Waals surface area contributed by atoms with E-state index in [-0.39, 0.29) is 25.1 Å². The number of nitrogens with zero attached hydrogens (tertiary/aromatic N) is 2. The van der Waals surface area contributed by atoms with E-state index in [1.165, 1.54) is 0 Å². The molecule has 1 atom stereocenters. The van der Waals surface area contributed by atoms with Gasteiger partial charge in [0.05, 0.1) is 13.2 Å². The Morgan fingerprint density at radius 3 is 2.94 bits per heavy atom. The molecule has 0 aliphatic carbocycles. The average Bonchev–Trinajstić information content (AvgIpc) is 2.62. The number of aryl methyl sites for hydroxylation is 1. The predicted molar refractivity (Wildman–Crippen MR) is 59.0 cm³/mol. The number of rotatable bonds is 5. The molecule has 6 nitrogen and oxygen atoms in total. The van der Waals surface area contributed by atoms with E-state index in [9.17, 15) is 4.79 Å². The number of carbonyl (C=O) groups is 1. The van der Waals surface area contributed by atoms with E-state index in [4.69, 9.17) is 9.63 Å². The number of aliphatic hydroxyl groups excluding tert-OH is 1. The van der Waals surface area contributed by atoms with Crippen molar-refractivity contribution in [2.45, 2.75) is 19.9 Å². The van der Waals surface area contributed by atoms with Crippen LogP contribution in [0.15, 0.2) is 10.6 Å². The van der Waals surface area contributed by atoms with Gasteiger partial charge in [-0.1, -0.05) is 5.16 Å². The standard InChI is InChI=1S/C10H17N3O3/c1-7(6-14)13(3)5-10(15)11-9-4-8(2)16-12-9/h4,7,14H,5-6H2,1-3H3,(H,11,12,15). The van der Waals surface area contributed by atoms with Crippen molar-refractivity contribution < 1.29 is 14.4 Å². The quantitative estimate of drug-likeness (QED) is 0.753. The monoisotopic (exact) mass is 227 g/mol. The highest BCUT2D eigenvalue weighted by Gasteiger charge is 2.13. The van der Waals surface area contributed by atoms with Crippen molar-refractivity contribution in [2.24, 2.45) is 0 Å². The maximum Gasteiger partial charge on any atom is 0.239 e. The lowest BCUT2D eigenvalue weighted by atomic mass is 10.3. The topological polar surface area (TPSA) is 78.6 Å². The number of likely N-dealkylation sites (N-methyl/N-ethyl adjacent to an activating group) is 1. The van der Waals surface area contributed by atoms with Crippen molar-refractivity contribution in [1.82, 2.24) is 10.1 Å². The average molecular weight is 227 g/mol. The minimum absolute atomic E-state index is 0.0207. The first-order valence-electron chi connectivity index (χ1n) is 5.07. The lowest BCUT2D eigenvalue weighted by Gasteiger charge is -2.21. The zero-order valence-corrected chi connectivity index (χ0v) is 9.73. The largest absolute Gasteiger partial charge is 0.395 e. The van der Waals surface area contributed by atoms with Crippen LogP contribution in [0.1, 0.15) is 12.7 Å². The molecule has 0 bridgehead atoms. The summed E-state index contributed by atoms with van der Waals surface area (Å²) >= 11 is 0. The number of hydrogen-bond acceptors (Lipinski definition) is 5. The molecule has 1 heterocycles. The van der Waals surface area contributed by atoms with Crippen molar-refractivity contribution in [3.63, 3.8) is 0 Å². The first-order chi connectivity index (χ1) is 7.52. The van der Waals surface area contributed by atoms with Crippen LogP contribution in [0.3, 0.4) is 0 Å². The normalized spacial score (nSPS) is 12.8. The Hall–Kier alpha value is -1.40. The highest BCUT2D eigenvalue weighted by Crippen LogP contribution is 2.06. The third-order valence-corrected chi connectivity index (χ3v) is 2.31. The van der Waals surface area contributed by atoms with E-state index in [0.717, 1.165) is 0 Å². The number of aromatic nitrogens is 1. The summed E-state index contributed by atoms with van der Waals surface area (Å²) in [6.07, 6.45) is 0. The molecule has 1 unspecified atom stereocenters. The molecule has 0 aromatic carbocycles. The summed E-state index contributed by atoms with van der Waals surface area (Å²) in [5.74, 6) is 0.871. The summed E-state index contributed by atoms with van der Waals surface area (Å²) in [5.41, 5.74) is 0. The molecule has 6 heteroatoms. The van der Waals surface area contributed by atoms with Gasteiger partial charge in [0, 0.05) is 12.1 Å². The zero-order valence-electron chi connectivity index (χ0n) is 9.73. The van der Waals surface area contributed by atoms with Gasteiger partial charge >= 0.3 is 0 Å². The highest BCUT2D eigenvalue weighted by atomic mass is 16.5. The van der Waals surface area contributed by atoms with Crippen LogP contribution < -0.4 is 5.32 Å². The van der Waals surface area contributed by atoms with Crippen LogP contribution in [0.5, 0.6) is 0 Å². The number of nitrogens with one attached hydrogen (secondary N) is 1. The Labute approximate surface area is 94.2 Å². The maximum atomic E-state index is 11.5. The van der Waals surface area contributed by atoms with Gasteiger partial charge in [-0.25, -0.2) is 0 Å². The van der Waals surface area contributed by atoms with Crippen molar-refractivity contribution in [1.29, 1.82) is 0 Å². The fraction of sp³-hybridized carbons (Fsp3) is 0.600. The van der Waals surface area contributed by atoms with Gasteiger partial charge in [-0.15, -0.1) is 0 Å². The minimum atomic E-state index is -0.184. The maximum absolute atomic E-state index is 11.5. The van der Waals surface area contributed by atoms with Gasteiger partial charge in [0.15, 0.2) is 5.82 Å². The summed E-state index contributed by atoms with van der Waals surface area (Å²) in [7, 11) is 1.77. The van der Waals surface area contributed by atoms with Gasteiger partial charge < -0.3 is 14.9 Å². The highest BCUT2D eigenvalue weighted by molar-refractivity contribution is 5.91. The van der Waals surface area contributed by atoms with Crippen molar-refractivity contribution in [2.75, 3.05) is 25.5 Å². The second-order valence-electron chi connectivity index (χ2n) is 3.82.